The van der Waals surface area contributed by atoms with E-state index >= 15 is 0 Å². The highest BCUT2D eigenvalue weighted by Gasteiger charge is 2.34. The Labute approximate surface area is 190 Å². The number of sulfonamides is 1. The van der Waals surface area contributed by atoms with Gasteiger partial charge in [0.1, 0.15) is 4.21 Å². The van der Waals surface area contributed by atoms with Crippen LogP contribution in [-0.4, -0.2) is 37.6 Å². The van der Waals surface area contributed by atoms with E-state index in [1.54, 1.807) is 17.5 Å². The third kappa shape index (κ3) is 5.19. The Morgan fingerprint density at radius 3 is 2.65 bits per heavy atom. The maximum atomic E-state index is 12.7. The molecule has 3 heterocycles. The molecule has 1 aliphatic carbocycles. The topological polar surface area (TPSA) is 95.6 Å². The molecule has 0 aromatic carbocycles. The number of carbonyl (C=O) groups is 2. The van der Waals surface area contributed by atoms with Gasteiger partial charge in [0.2, 0.25) is 5.91 Å². The minimum atomic E-state index is -3.58. The molecule has 2 aromatic heterocycles. The van der Waals surface area contributed by atoms with Gasteiger partial charge in [0.05, 0.1) is 10.8 Å². The van der Waals surface area contributed by atoms with Crippen molar-refractivity contribution in [2.45, 2.75) is 55.6 Å². The number of piperidine rings is 1. The average molecular weight is 482 g/mol. The molecule has 7 nitrogen and oxygen atoms in total. The number of hydrazine groups is 1. The maximum Gasteiger partial charge on any atom is 0.279 e. The van der Waals surface area contributed by atoms with Crippen molar-refractivity contribution in [3.63, 3.8) is 0 Å². The lowest BCUT2D eigenvalue weighted by Gasteiger charge is -2.30. The van der Waals surface area contributed by atoms with E-state index < -0.39 is 15.9 Å². The second-order valence-corrected chi connectivity index (χ2v) is 12.3. The van der Waals surface area contributed by atoms with Gasteiger partial charge in [0.25, 0.3) is 15.9 Å². The maximum absolute atomic E-state index is 12.7. The van der Waals surface area contributed by atoms with Crippen molar-refractivity contribution >= 4 is 44.5 Å². The van der Waals surface area contributed by atoms with Gasteiger partial charge >= 0.3 is 0 Å². The molecule has 0 spiro atoms. The number of hydrogen-bond donors (Lipinski definition) is 2. The summed E-state index contributed by atoms with van der Waals surface area (Å²) in [7, 11) is -3.58. The first-order valence-electron chi connectivity index (χ1n) is 10.7. The number of thiophene rings is 2. The highest BCUT2D eigenvalue weighted by atomic mass is 32.2. The summed E-state index contributed by atoms with van der Waals surface area (Å²) in [5.74, 6) is -1.16. The molecule has 0 bridgehead atoms. The first-order chi connectivity index (χ1) is 14.9. The molecule has 31 heavy (non-hydrogen) atoms. The van der Waals surface area contributed by atoms with Crippen LogP contribution in [0, 0.1) is 5.92 Å². The van der Waals surface area contributed by atoms with Crippen molar-refractivity contribution in [3.8, 4) is 0 Å². The van der Waals surface area contributed by atoms with Crippen LogP contribution in [0.25, 0.3) is 0 Å². The minimum absolute atomic E-state index is 0.120. The Morgan fingerprint density at radius 1 is 1.06 bits per heavy atom. The Bertz CT molecular complexity index is 1000. The van der Waals surface area contributed by atoms with Crippen molar-refractivity contribution in [1.29, 1.82) is 0 Å². The van der Waals surface area contributed by atoms with Crippen molar-refractivity contribution in [2.75, 3.05) is 13.1 Å². The van der Waals surface area contributed by atoms with E-state index in [2.05, 4.69) is 10.9 Å². The largest absolute Gasteiger partial charge is 0.279 e. The molecule has 1 aliphatic heterocycles. The first-order valence-corrected chi connectivity index (χ1v) is 13.8. The van der Waals surface area contributed by atoms with Crippen molar-refractivity contribution in [3.05, 3.63) is 38.9 Å². The fourth-order valence-electron chi connectivity index (χ4n) is 4.15. The van der Waals surface area contributed by atoms with Crippen molar-refractivity contribution in [1.82, 2.24) is 15.2 Å². The highest BCUT2D eigenvalue weighted by molar-refractivity contribution is 7.91. The first kappa shape index (κ1) is 22.4. The number of hydrogen-bond acceptors (Lipinski definition) is 6. The second-order valence-electron chi connectivity index (χ2n) is 8.05. The van der Waals surface area contributed by atoms with E-state index in [4.69, 9.17) is 0 Å². The fraction of sp³-hybridized carbons (Fsp3) is 0.524. The lowest BCUT2D eigenvalue weighted by Crippen LogP contribution is -2.49. The lowest BCUT2D eigenvalue weighted by atomic mass is 9.99. The fourth-order valence-corrected chi connectivity index (χ4v) is 7.97. The van der Waals surface area contributed by atoms with Gasteiger partial charge in [-0.3, -0.25) is 20.4 Å². The Hall–Kier alpha value is -1.75. The summed E-state index contributed by atoms with van der Waals surface area (Å²) in [6, 6.07) is 5.23. The highest BCUT2D eigenvalue weighted by Crippen LogP contribution is 2.29. The molecule has 0 radical (unpaired) electrons. The van der Waals surface area contributed by atoms with Crippen LogP contribution in [0.5, 0.6) is 0 Å². The van der Waals surface area contributed by atoms with Crippen LogP contribution < -0.4 is 10.9 Å². The zero-order valence-corrected chi connectivity index (χ0v) is 19.7. The summed E-state index contributed by atoms with van der Waals surface area (Å²) < 4.78 is 27.2. The van der Waals surface area contributed by atoms with E-state index in [-0.39, 0.29) is 22.6 Å². The smallest absolute Gasteiger partial charge is 0.273 e. The third-order valence-corrected chi connectivity index (χ3v) is 10.3. The van der Waals surface area contributed by atoms with Gasteiger partial charge in [0, 0.05) is 18.0 Å². The molecule has 4 rings (SSSR count). The standard InChI is InChI=1S/C21H27N3O4S3/c25-20(16-8-5-11-24(14-16)31(27,28)19-10-6-12-29-19)22-23-21(26)18-13-15-7-3-1-2-4-9-17(15)30-18/h6,10,12-13,16H,1-5,7-9,11,14H2,(H,22,25)(H,23,26)/t16-/m0/s1. The summed E-state index contributed by atoms with van der Waals surface area (Å²) in [6.45, 7) is 0.520. The molecule has 0 unspecified atom stereocenters. The second kappa shape index (κ2) is 9.81. The quantitative estimate of drug-likeness (QED) is 0.655. The molecule has 1 atom stereocenters. The SMILES string of the molecule is O=C(NNC(=O)[C@H]1CCCN(S(=O)(=O)c2cccs2)C1)c1cc2c(s1)CCCCCC2. The van der Waals surface area contributed by atoms with Gasteiger partial charge in [-0.25, -0.2) is 8.42 Å². The van der Waals surface area contributed by atoms with Crippen LogP contribution in [0.2, 0.25) is 0 Å². The van der Waals surface area contributed by atoms with Gasteiger partial charge in [-0.1, -0.05) is 18.9 Å². The van der Waals surface area contributed by atoms with Crippen LogP contribution in [0.3, 0.4) is 0 Å². The van der Waals surface area contributed by atoms with Crippen LogP contribution in [0.4, 0.5) is 0 Å². The number of nitrogens with zero attached hydrogens (tertiary/aromatic N) is 1. The predicted molar refractivity (Wildman–Crippen MR) is 122 cm³/mol. The van der Waals surface area contributed by atoms with Gasteiger partial charge in [0.15, 0.2) is 0 Å². The number of amides is 2. The summed E-state index contributed by atoms with van der Waals surface area (Å²) >= 11 is 2.68. The number of nitrogens with one attached hydrogen (secondary N) is 2. The van der Waals surface area contributed by atoms with E-state index in [9.17, 15) is 18.0 Å². The number of rotatable bonds is 4. The van der Waals surface area contributed by atoms with Gasteiger partial charge in [-0.2, -0.15) is 4.31 Å². The Morgan fingerprint density at radius 2 is 1.87 bits per heavy atom. The van der Waals surface area contributed by atoms with Gasteiger partial charge < -0.3 is 0 Å². The molecule has 2 amide bonds. The Kier molecular flexibility index (Phi) is 7.10. The van der Waals surface area contributed by atoms with Crippen molar-refractivity contribution in [2.24, 2.45) is 5.92 Å². The zero-order valence-electron chi connectivity index (χ0n) is 17.3. The molecule has 1 fully saturated rings. The molecular formula is C21H27N3O4S3. The molecule has 10 heteroatoms. The summed E-state index contributed by atoms with van der Waals surface area (Å²) in [4.78, 5) is 27.1. The van der Waals surface area contributed by atoms with E-state index in [0.29, 0.717) is 24.3 Å². The molecule has 2 aromatic rings. The Balaban J connectivity index is 1.34. The number of carbonyl (C=O) groups excluding carboxylic acids is 2. The van der Waals surface area contributed by atoms with Crippen LogP contribution in [0.1, 0.15) is 58.6 Å². The summed E-state index contributed by atoms with van der Waals surface area (Å²) in [6.07, 6.45) is 7.97. The van der Waals surface area contributed by atoms with Crippen LogP contribution in [0.15, 0.2) is 27.8 Å². The minimum Gasteiger partial charge on any atom is -0.273 e. The zero-order chi connectivity index (χ0) is 21.8. The van der Waals surface area contributed by atoms with Crippen molar-refractivity contribution < 1.29 is 18.0 Å². The van der Waals surface area contributed by atoms with E-state index in [1.165, 1.54) is 50.3 Å². The predicted octanol–water partition coefficient (Wildman–Crippen LogP) is 3.33. The monoisotopic (exact) mass is 481 g/mol. The lowest BCUT2D eigenvalue weighted by molar-refractivity contribution is -0.126. The molecule has 1 saturated heterocycles. The van der Waals surface area contributed by atoms with E-state index in [0.717, 1.165) is 25.7 Å². The number of aryl methyl sites for hydroxylation is 2. The summed E-state index contributed by atoms with van der Waals surface area (Å²) in [5.41, 5.74) is 6.29. The molecule has 0 saturated carbocycles. The van der Waals surface area contributed by atoms with Crippen LogP contribution in [-0.2, 0) is 27.7 Å². The van der Waals surface area contributed by atoms with Crippen LogP contribution >= 0.6 is 22.7 Å². The van der Waals surface area contributed by atoms with Gasteiger partial charge in [-0.15, -0.1) is 22.7 Å². The van der Waals surface area contributed by atoms with Gasteiger partial charge in [-0.05, 0) is 61.6 Å². The molecule has 168 valence electrons. The molecule has 2 aliphatic rings. The molecular weight excluding hydrogens is 454 g/mol. The normalized spacial score (nSPS) is 20.3. The third-order valence-electron chi connectivity index (χ3n) is 5.86. The average Bonchev–Trinajstić information content (AvgIpc) is 3.43. The van der Waals surface area contributed by atoms with E-state index in [1.807, 2.05) is 6.07 Å². The molecule has 2 N–H and O–H groups in total. The summed E-state index contributed by atoms with van der Waals surface area (Å²) in [5, 5.41) is 1.72. The number of fused-ring (bicyclic) bond motifs is 1.